The first-order chi connectivity index (χ1) is 13.2. The monoisotopic (exact) mass is 364 g/mol. The Morgan fingerprint density at radius 2 is 1.56 bits per heavy atom. The second kappa shape index (κ2) is 8.42. The Hall–Kier alpha value is -1.88. The molecule has 2 fully saturated rings. The number of likely N-dealkylation sites (tertiary alicyclic amines) is 1. The predicted octanol–water partition coefficient (Wildman–Crippen LogP) is 2.76. The Bertz CT molecular complexity index is 724. The third-order valence-corrected chi connectivity index (χ3v) is 6.21. The lowest BCUT2D eigenvalue weighted by molar-refractivity contribution is 0.270. The van der Waals surface area contributed by atoms with E-state index in [1.165, 1.54) is 16.8 Å². The minimum Gasteiger partial charge on any atom is -0.369 e. The predicted molar refractivity (Wildman–Crippen MR) is 113 cm³/mol. The van der Waals surface area contributed by atoms with Gasteiger partial charge in [-0.15, -0.1) is 0 Å². The molecule has 4 heteroatoms. The largest absolute Gasteiger partial charge is 0.369 e. The fourth-order valence-electron chi connectivity index (χ4n) is 4.59. The number of nitrogens with zero attached hydrogens (tertiary/aromatic N) is 3. The van der Waals surface area contributed by atoms with Crippen molar-refractivity contribution >= 4 is 5.69 Å². The van der Waals surface area contributed by atoms with Crippen molar-refractivity contribution in [2.75, 3.05) is 50.7 Å². The van der Waals surface area contributed by atoms with Gasteiger partial charge in [-0.2, -0.15) is 0 Å². The summed E-state index contributed by atoms with van der Waals surface area (Å²) in [6, 6.07) is 19.9. The van der Waals surface area contributed by atoms with Crippen LogP contribution < -0.4 is 10.6 Å². The zero-order valence-electron chi connectivity index (χ0n) is 16.4. The molecule has 0 aliphatic carbocycles. The van der Waals surface area contributed by atoms with E-state index < -0.39 is 0 Å². The molecule has 2 aliphatic heterocycles. The van der Waals surface area contributed by atoms with Crippen LogP contribution >= 0.6 is 0 Å². The minimum atomic E-state index is 0.215. The molecule has 2 aliphatic rings. The number of para-hydroxylation sites is 1. The molecule has 144 valence electrons. The van der Waals surface area contributed by atoms with E-state index in [1.54, 1.807) is 0 Å². The van der Waals surface area contributed by atoms with Crippen LogP contribution in [-0.2, 0) is 6.54 Å². The number of rotatable bonds is 5. The second-order valence-corrected chi connectivity index (χ2v) is 7.93. The van der Waals surface area contributed by atoms with Gasteiger partial charge in [0, 0.05) is 63.5 Å². The summed E-state index contributed by atoms with van der Waals surface area (Å²) in [5.74, 6) is 0.437. The van der Waals surface area contributed by atoms with Crippen molar-refractivity contribution in [1.82, 2.24) is 9.80 Å². The van der Waals surface area contributed by atoms with E-state index in [-0.39, 0.29) is 6.04 Å². The van der Waals surface area contributed by atoms with Crippen LogP contribution in [0, 0.1) is 0 Å². The third-order valence-electron chi connectivity index (χ3n) is 6.21. The Morgan fingerprint density at radius 1 is 0.852 bits per heavy atom. The van der Waals surface area contributed by atoms with Crippen LogP contribution in [0.2, 0.25) is 0 Å². The van der Waals surface area contributed by atoms with Crippen LogP contribution in [0.15, 0.2) is 54.6 Å². The number of hydrogen-bond acceptors (Lipinski definition) is 4. The summed E-state index contributed by atoms with van der Waals surface area (Å²) in [6.45, 7) is 11.0. The summed E-state index contributed by atoms with van der Waals surface area (Å²) in [5, 5.41) is 0. The molecule has 2 aromatic carbocycles. The van der Waals surface area contributed by atoms with E-state index in [0.717, 1.165) is 52.4 Å². The summed E-state index contributed by atoms with van der Waals surface area (Å²) >= 11 is 0. The molecule has 0 bridgehead atoms. The fourth-order valence-corrected chi connectivity index (χ4v) is 4.59. The number of benzene rings is 2. The molecule has 2 atom stereocenters. The highest BCUT2D eigenvalue weighted by Crippen LogP contribution is 2.30. The number of likely N-dealkylation sites (N-methyl/N-ethyl adjacent to an activating group) is 1. The molecule has 4 rings (SSSR count). The highest BCUT2D eigenvalue weighted by atomic mass is 15.3. The number of hydrogen-bond donors (Lipinski definition) is 1. The lowest BCUT2D eigenvalue weighted by Crippen LogP contribution is -2.46. The van der Waals surface area contributed by atoms with Crippen molar-refractivity contribution in [1.29, 1.82) is 0 Å². The van der Waals surface area contributed by atoms with E-state index in [4.69, 9.17) is 5.73 Å². The zero-order valence-corrected chi connectivity index (χ0v) is 16.4. The van der Waals surface area contributed by atoms with Gasteiger partial charge in [0.05, 0.1) is 0 Å². The van der Waals surface area contributed by atoms with Gasteiger partial charge in [-0.1, -0.05) is 55.5 Å². The van der Waals surface area contributed by atoms with Crippen molar-refractivity contribution in [3.8, 4) is 0 Å². The van der Waals surface area contributed by atoms with Crippen molar-refractivity contribution in [2.45, 2.75) is 25.4 Å². The normalized spacial score (nSPS) is 24.4. The first-order valence-corrected chi connectivity index (χ1v) is 10.3. The van der Waals surface area contributed by atoms with E-state index in [1.807, 2.05) is 0 Å². The maximum atomic E-state index is 6.51. The average Bonchev–Trinajstić information content (AvgIpc) is 3.09. The van der Waals surface area contributed by atoms with Crippen LogP contribution in [0.5, 0.6) is 0 Å². The molecular formula is C23H32N4. The van der Waals surface area contributed by atoms with E-state index in [9.17, 15) is 0 Å². The van der Waals surface area contributed by atoms with Crippen LogP contribution in [0.4, 0.5) is 5.69 Å². The smallest absolute Gasteiger partial charge is 0.0412 e. The quantitative estimate of drug-likeness (QED) is 0.885. The van der Waals surface area contributed by atoms with Gasteiger partial charge in [-0.05, 0) is 23.7 Å². The maximum Gasteiger partial charge on any atom is 0.0412 e. The van der Waals surface area contributed by atoms with Gasteiger partial charge in [0.15, 0.2) is 0 Å². The summed E-state index contributed by atoms with van der Waals surface area (Å²) in [6.07, 6.45) is 0. The first-order valence-electron chi connectivity index (χ1n) is 10.3. The Kier molecular flexibility index (Phi) is 5.77. The molecule has 0 aromatic heterocycles. The zero-order chi connectivity index (χ0) is 18.6. The molecule has 2 saturated heterocycles. The van der Waals surface area contributed by atoms with Gasteiger partial charge < -0.3 is 15.5 Å². The minimum absolute atomic E-state index is 0.215. The standard InChI is InChI=1S/C23H32N4/c1-2-25-12-14-27(15-13-25)23-11-7-6-10-20(23)16-26-17-21(22(24)18-26)19-8-4-3-5-9-19/h3-11,21-22H,2,12-18,24H2,1H3/t21-,22+/m0/s1. The lowest BCUT2D eigenvalue weighted by atomic mass is 9.95. The van der Waals surface area contributed by atoms with Gasteiger partial charge in [-0.25, -0.2) is 0 Å². The topological polar surface area (TPSA) is 35.7 Å². The average molecular weight is 365 g/mol. The molecule has 27 heavy (non-hydrogen) atoms. The summed E-state index contributed by atoms with van der Waals surface area (Å²) in [7, 11) is 0. The summed E-state index contributed by atoms with van der Waals surface area (Å²) in [5.41, 5.74) is 10.7. The second-order valence-electron chi connectivity index (χ2n) is 7.93. The molecule has 0 spiro atoms. The Balaban J connectivity index is 1.45. The molecule has 4 nitrogen and oxygen atoms in total. The van der Waals surface area contributed by atoms with Gasteiger partial charge in [0.1, 0.15) is 0 Å². The van der Waals surface area contributed by atoms with Crippen LogP contribution in [0.25, 0.3) is 0 Å². The third kappa shape index (κ3) is 4.18. The van der Waals surface area contributed by atoms with E-state index >= 15 is 0 Å². The van der Waals surface area contributed by atoms with Gasteiger partial charge in [0.2, 0.25) is 0 Å². The van der Waals surface area contributed by atoms with Crippen molar-refractivity contribution in [3.63, 3.8) is 0 Å². The van der Waals surface area contributed by atoms with E-state index in [2.05, 4.69) is 76.2 Å². The molecule has 0 unspecified atom stereocenters. The Morgan fingerprint density at radius 3 is 2.30 bits per heavy atom. The van der Waals surface area contributed by atoms with Gasteiger partial charge in [0.25, 0.3) is 0 Å². The molecular weight excluding hydrogens is 332 g/mol. The first kappa shape index (κ1) is 18.5. The summed E-state index contributed by atoms with van der Waals surface area (Å²) in [4.78, 5) is 7.62. The summed E-state index contributed by atoms with van der Waals surface area (Å²) < 4.78 is 0. The van der Waals surface area contributed by atoms with Crippen LogP contribution in [0.1, 0.15) is 24.0 Å². The molecule has 2 N–H and O–H groups in total. The van der Waals surface area contributed by atoms with Crippen molar-refractivity contribution in [3.05, 3.63) is 65.7 Å². The van der Waals surface area contributed by atoms with Crippen molar-refractivity contribution < 1.29 is 0 Å². The molecule has 2 aromatic rings. The number of anilines is 1. The molecule has 0 amide bonds. The number of nitrogens with two attached hydrogens (primary N) is 1. The lowest BCUT2D eigenvalue weighted by Gasteiger charge is -2.36. The maximum absolute atomic E-state index is 6.51. The van der Waals surface area contributed by atoms with Crippen LogP contribution in [-0.4, -0.2) is 61.7 Å². The van der Waals surface area contributed by atoms with Gasteiger partial charge >= 0.3 is 0 Å². The highest BCUT2D eigenvalue weighted by Gasteiger charge is 2.31. The Labute approximate surface area is 163 Å². The highest BCUT2D eigenvalue weighted by molar-refractivity contribution is 5.54. The van der Waals surface area contributed by atoms with Crippen molar-refractivity contribution in [2.24, 2.45) is 5.73 Å². The molecule has 2 heterocycles. The van der Waals surface area contributed by atoms with Crippen LogP contribution in [0.3, 0.4) is 0 Å². The SMILES string of the molecule is CCN1CCN(c2ccccc2CN2C[C@@H](N)[C@H](c3ccccc3)C2)CC1. The van der Waals surface area contributed by atoms with Gasteiger partial charge in [-0.3, -0.25) is 4.90 Å². The molecule has 0 radical (unpaired) electrons. The number of piperazine rings is 1. The fraction of sp³-hybridized carbons (Fsp3) is 0.478. The molecule has 0 saturated carbocycles. The van der Waals surface area contributed by atoms with E-state index in [0.29, 0.717) is 5.92 Å².